The molecule has 3 heterocycles. The molecule has 4 rings (SSSR count). The summed E-state index contributed by atoms with van der Waals surface area (Å²) in [5, 5.41) is 0.531. The third-order valence-corrected chi connectivity index (χ3v) is 6.35. The Kier molecular flexibility index (Phi) is 6.70. The Hall–Kier alpha value is -3.27. The number of carbonyl (C=O) groups excluding carboxylic acids is 1. The van der Waals surface area contributed by atoms with E-state index in [0.717, 1.165) is 16.9 Å². The van der Waals surface area contributed by atoms with E-state index >= 15 is 0 Å². The number of hydrogen-bond acceptors (Lipinski definition) is 7. The fourth-order valence-corrected chi connectivity index (χ4v) is 4.80. The van der Waals surface area contributed by atoms with Crippen molar-refractivity contribution in [1.29, 1.82) is 0 Å². The third kappa shape index (κ3) is 5.27. The first kappa shape index (κ1) is 23.9. The summed E-state index contributed by atoms with van der Waals surface area (Å²) in [6.45, 7) is 5.96. The van der Waals surface area contributed by atoms with Crippen molar-refractivity contribution >= 4 is 17.4 Å². The van der Waals surface area contributed by atoms with Gasteiger partial charge in [-0.3, -0.25) is 9.69 Å². The summed E-state index contributed by atoms with van der Waals surface area (Å²) in [6, 6.07) is 5.88. The molecule has 0 bridgehead atoms. The smallest absolute Gasteiger partial charge is 0.410 e. The van der Waals surface area contributed by atoms with E-state index in [1.54, 1.807) is 23.2 Å². The topological polar surface area (TPSA) is 97.4 Å². The molecule has 0 aliphatic carbocycles. The normalized spacial score (nSPS) is 16.0. The predicted octanol–water partition coefficient (Wildman–Crippen LogP) is 4.70. The first-order chi connectivity index (χ1) is 16.1. The van der Waals surface area contributed by atoms with Gasteiger partial charge in [-0.1, -0.05) is 12.1 Å². The summed E-state index contributed by atoms with van der Waals surface area (Å²) >= 11 is 1.38. The van der Waals surface area contributed by atoms with Gasteiger partial charge in [0.25, 0.3) is 5.56 Å². The van der Waals surface area contributed by atoms with Gasteiger partial charge in [-0.15, -0.1) is 11.3 Å². The molecular weight excluding hydrogens is 459 g/mol. The highest BCUT2D eigenvalue weighted by molar-refractivity contribution is 7.15. The average Bonchev–Trinajstić information content (AvgIpc) is 3.43. The number of nitrogens with zero attached hydrogens (tertiary/aromatic N) is 3. The van der Waals surface area contributed by atoms with Crippen molar-refractivity contribution in [3.05, 3.63) is 62.9 Å². The first-order valence-corrected chi connectivity index (χ1v) is 11.8. The van der Waals surface area contributed by atoms with Gasteiger partial charge >= 0.3 is 6.09 Å². The monoisotopic (exact) mass is 486 g/mol. The Bertz CT molecular complexity index is 1230. The number of likely N-dealkylation sites (tertiary alicyclic amines) is 1. The van der Waals surface area contributed by atoms with Crippen molar-refractivity contribution in [2.45, 2.75) is 51.7 Å². The minimum atomic E-state index is -0.627. The zero-order valence-electron chi connectivity index (χ0n) is 19.6. The van der Waals surface area contributed by atoms with Gasteiger partial charge in [0.15, 0.2) is 0 Å². The van der Waals surface area contributed by atoms with Gasteiger partial charge in [-0.25, -0.2) is 19.2 Å². The number of rotatable bonds is 5. The van der Waals surface area contributed by atoms with Crippen LogP contribution in [0.5, 0.6) is 5.75 Å². The molecule has 1 N–H and O–H groups in total. The number of aromatic amines is 1. The summed E-state index contributed by atoms with van der Waals surface area (Å²) in [6.07, 6.45) is 3.28. The molecule has 3 aromatic rings. The van der Waals surface area contributed by atoms with Crippen LogP contribution in [0.4, 0.5) is 9.18 Å². The lowest BCUT2D eigenvalue weighted by atomic mass is 10.1. The van der Waals surface area contributed by atoms with Crippen LogP contribution in [0.1, 0.15) is 55.9 Å². The molecule has 34 heavy (non-hydrogen) atoms. The second-order valence-electron chi connectivity index (χ2n) is 9.10. The van der Waals surface area contributed by atoms with Crippen LogP contribution in [0.2, 0.25) is 0 Å². The number of halogens is 1. The second kappa shape index (κ2) is 9.54. The van der Waals surface area contributed by atoms with Crippen LogP contribution in [0, 0.1) is 5.82 Å². The number of methoxy groups -OCH3 is 1. The Labute approximate surface area is 200 Å². The summed E-state index contributed by atoms with van der Waals surface area (Å²) in [7, 11) is 1.41. The molecule has 1 fully saturated rings. The quantitative estimate of drug-likeness (QED) is 0.561. The van der Waals surface area contributed by atoms with Gasteiger partial charge in [0.2, 0.25) is 5.75 Å². The summed E-state index contributed by atoms with van der Waals surface area (Å²) in [5.41, 5.74) is 0.210. The van der Waals surface area contributed by atoms with E-state index in [1.165, 1.54) is 30.6 Å². The summed E-state index contributed by atoms with van der Waals surface area (Å²) in [5.74, 6) is 0.152. The van der Waals surface area contributed by atoms with Gasteiger partial charge in [0, 0.05) is 24.0 Å². The Morgan fingerprint density at radius 3 is 2.71 bits per heavy atom. The van der Waals surface area contributed by atoms with Crippen molar-refractivity contribution in [3.8, 4) is 16.5 Å². The van der Waals surface area contributed by atoms with E-state index in [1.807, 2.05) is 20.8 Å². The van der Waals surface area contributed by atoms with Crippen LogP contribution >= 0.6 is 11.3 Å². The van der Waals surface area contributed by atoms with Crippen molar-refractivity contribution in [2.75, 3.05) is 13.7 Å². The minimum absolute atomic E-state index is 0.0632. The lowest BCUT2D eigenvalue weighted by Crippen LogP contribution is -2.37. The van der Waals surface area contributed by atoms with Crippen molar-refractivity contribution in [1.82, 2.24) is 19.9 Å². The minimum Gasteiger partial charge on any atom is -0.489 e. The third-order valence-electron chi connectivity index (χ3n) is 5.34. The van der Waals surface area contributed by atoms with E-state index in [-0.39, 0.29) is 11.6 Å². The van der Waals surface area contributed by atoms with Gasteiger partial charge in [-0.2, -0.15) is 0 Å². The molecule has 0 spiro atoms. The van der Waals surface area contributed by atoms with Crippen LogP contribution in [-0.4, -0.2) is 45.2 Å². The lowest BCUT2D eigenvalue weighted by molar-refractivity contribution is 0.0218. The Balaban J connectivity index is 1.65. The highest BCUT2D eigenvalue weighted by atomic mass is 32.1. The van der Waals surface area contributed by atoms with Crippen molar-refractivity contribution in [3.63, 3.8) is 0 Å². The number of ether oxygens (including phenoxy) is 2. The maximum absolute atomic E-state index is 13.2. The molecule has 1 aliphatic heterocycles. The SMILES string of the molecule is COc1c(-c2ncc(Cc3ccc(F)cc3)s2)nc([C@@H]2CCCN2C(=O)OC(C)(C)C)[nH]c1=O. The van der Waals surface area contributed by atoms with E-state index in [2.05, 4.69) is 15.0 Å². The number of H-pyrrole nitrogens is 1. The number of hydrogen-bond donors (Lipinski definition) is 1. The zero-order chi connectivity index (χ0) is 24.5. The van der Waals surface area contributed by atoms with E-state index in [0.29, 0.717) is 35.9 Å². The lowest BCUT2D eigenvalue weighted by Gasteiger charge is -2.28. The van der Waals surface area contributed by atoms with Crippen molar-refractivity contribution < 1.29 is 18.7 Å². The maximum Gasteiger partial charge on any atom is 0.410 e. The molecule has 2 aromatic heterocycles. The highest BCUT2D eigenvalue weighted by Crippen LogP contribution is 2.35. The van der Waals surface area contributed by atoms with E-state index in [4.69, 9.17) is 9.47 Å². The summed E-state index contributed by atoms with van der Waals surface area (Å²) in [4.78, 5) is 40.0. The van der Waals surface area contributed by atoms with Crippen LogP contribution in [0.15, 0.2) is 35.3 Å². The average molecular weight is 487 g/mol. The molecular formula is C24H27FN4O4S. The van der Waals surface area contributed by atoms with Crippen LogP contribution in [0.3, 0.4) is 0 Å². The molecule has 1 saturated heterocycles. The molecule has 1 aliphatic rings. The molecule has 0 radical (unpaired) electrons. The molecule has 1 amide bonds. The predicted molar refractivity (Wildman–Crippen MR) is 127 cm³/mol. The van der Waals surface area contributed by atoms with Gasteiger partial charge in [0.1, 0.15) is 27.9 Å². The summed E-state index contributed by atoms with van der Waals surface area (Å²) < 4.78 is 24.1. The first-order valence-electron chi connectivity index (χ1n) is 11.0. The van der Waals surface area contributed by atoms with Crippen LogP contribution < -0.4 is 10.3 Å². The molecule has 180 valence electrons. The fraction of sp³-hybridized carbons (Fsp3) is 0.417. The molecule has 0 unspecified atom stereocenters. The fourth-order valence-electron chi connectivity index (χ4n) is 3.86. The maximum atomic E-state index is 13.2. The standard InChI is InChI=1S/C24H27FN4O4S/c1-24(2,3)33-23(31)29-11-5-6-17(29)20-27-18(19(32-4)21(30)28-20)22-26-13-16(34-22)12-14-7-9-15(25)10-8-14/h7-10,13,17H,5-6,11-12H2,1-4H3,(H,27,28,30)/t17-/m0/s1. The van der Waals surface area contributed by atoms with Gasteiger partial charge in [0.05, 0.1) is 13.2 Å². The Morgan fingerprint density at radius 1 is 1.29 bits per heavy atom. The molecule has 10 heteroatoms. The number of carbonyl (C=O) groups is 1. The number of thiazole rings is 1. The van der Waals surface area contributed by atoms with E-state index in [9.17, 15) is 14.0 Å². The molecule has 1 aromatic carbocycles. The largest absolute Gasteiger partial charge is 0.489 e. The molecule has 0 saturated carbocycles. The van der Waals surface area contributed by atoms with Crippen molar-refractivity contribution in [2.24, 2.45) is 0 Å². The number of benzene rings is 1. The Morgan fingerprint density at radius 2 is 2.03 bits per heavy atom. The van der Waals surface area contributed by atoms with E-state index < -0.39 is 23.3 Å². The zero-order valence-corrected chi connectivity index (χ0v) is 20.4. The van der Waals surface area contributed by atoms with Gasteiger partial charge in [-0.05, 0) is 51.3 Å². The number of amides is 1. The van der Waals surface area contributed by atoms with Gasteiger partial charge < -0.3 is 14.5 Å². The van der Waals surface area contributed by atoms with Crippen LogP contribution in [0.25, 0.3) is 10.7 Å². The molecule has 8 nitrogen and oxygen atoms in total. The number of nitrogens with one attached hydrogen (secondary N) is 1. The molecule has 1 atom stereocenters. The second-order valence-corrected chi connectivity index (χ2v) is 10.2. The number of aromatic nitrogens is 3. The van der Waals surface area contributed by atoms with Crippen LogP contribution in [-0.2, 0) is 11.2 Å². The highest BCUT2D eigenvalue weighted by Gasteiger charge is 2.35.